The van der Waals surface area contributed by atoms with E-state index in [0.717, 1.165) is 44.5 Å². The van der Waals surface area contributed by atoms with Gasteiger partial charge in [0.05, 0.1) is 10.0 Å². The molecule has 172 valence electrons. The van der Waals surface area contributed by atoms with Crippen LogP contribution in [0.1, 0.15) is 54.4 Å². The SMILES string of the molecule is CCC(=O)C1CCN(CC[C@H](CN(C)C(=O)c2ccccc2)c2ccc(Cl)c(Cl)c2)CC1. The first-order valence-corrected chi connectivity index (χ1v) is 12.1. The van der Waals surface area contributed by atoms with Crippen molar-refractivity contribution < 1.29 is 9.59 Å². The zero-order valence-electron chi connectivity index (χ0n) is 18.9. The quantitative estimate of drug-likeness (QED) is 0.451. The number of Topliss-reactive ketones (excluding diaryl/α,β-unsaturated/α-hetero) is 1. The van der Waals surface area contributed by atoms with Crippen molar-refractivity contribution >= 4 is 34.9 Å². The third-order valence-corrected chi connectivity index (χ3v) is 7.20. The summed E-state index contributed by atoms with van der Waals surface area (Å²) < 4.78 is 0. The van der Waals surface area contributed by atoms with Gasteiger partial charge in [-0.1, -0.05) is 54.4 Å². The summed E-state index contributed by atoms with van der Waals surface area (Å²) in [5, 5.41) is 1.07. The molecule has 1 atom stereocenters. The van der Waals surface area contributed by atoms with Crippen LogP contribution in [0.3, 0.4) is 0 Å². The third-order valence-electron chi connectivity index (χ3n) is 6.46. The average molecular weight is 475 g/mol. The van der Waals surface area contributed by atoms with Crippen LogP contribution in [0, 0.1) is 5.92 Å². The molecule has 1 fully saturated rings. The van der Waals surface area contributed by atoms with Crippen LogP contribution in [0.4, 0.5) is 0 Å². The molecule has 0 spiro atoms. The number of halogens is 2. The van der Waals surface area contributed by atoms with Crippen molar-refractivity contribution in [1.82, 2.24) is 9.80 Å². The molecule has 1 aliphatic heterocycles. The van der Waals surface area contributed by atoms with Crippen LogP contribution in [0.2, 0.25) is 10.0 Å². The monoisotopic (exact) mass is 474 g/mol. The lowest BCUT2D eigenvalue weighted by Crippen LogP contribution is -2.38. The van der Waals surface area contributed by atoms with Crippen molar-refractivity contribution in [2.45, 2.75) is 38.5 Å². The smallest absolute Gasteiger partial charge is 0.253 e. The summed E-state index contributed by atoms with van der Waals surface area (Å²) in [5.74, 6) is 0.753. The Morgan fingerprint density at radius 3 is 2.38 bits per heavy atom. The molecular formula is C26H32Cl2N2O2. The highest BCUT2D eigenvalue weighted by Gasteiger charge is 2.25. The predicted octanol–water partition coefficient (Wildman–Crippen LogP) is 5.93. The number of likely N-dealkylation sites (N-methyl/N-ethyl adjacent to an activating group) is 1. The molecule has 1 heterocycles. The first-order valence-electron chi connectivity index (χ1n) is 11.4. The van der Waals surface area contributed by atoms with Crippen LogP contribution < -0.4 is 0 Å². The molecule has 0 unspecified atom stereocenters. The molecule has 1 amide bonds. The van der Waals surface area contributed by atoms with Gasteiger partial charge in [-0.2, -0.15) is 0 Å². The minimum absolute atomic E-state index is 0.00885. The highest BCUT2D eigenvalue weighted by atomic mass is 35.5. The molecule has 0 aliphatic carbocycles. The number of nitrogens with zero attached hydrogens (tertiary/aromatic N) is 2. The van der Waals surface area contributed by atoms with Crippen molar-refractivity contribution in [3.63, 3.8) is 0 Å². The Bertz CT molecular complexity index is 911. The Labute approximate surface area is 201 Å². The maximum atomic E-state index is 12.9. The molecule has 3 rings (SSSR count). The Morgan fingerprint density at radius 1 is 1.06 bits per heavy atom. The number of likely N-dealkylation sites (tertiary alicyclic amines) is 1. The van der Waals surface area contributed by atoms with E-state index in [-0.39, 0.29) is 17.7 Å². The van der Waals surface area contributed by atoms with E-state index in [0.29, 0.717) is 34.4 Å². The normalized spacial score (nSPS) is 16.0. The molecule has 1 saturated heterocycles. The van der Waals surface area contributed by atoms with Gasteiger partial charge in [-0.3, -0.25) is 9.59 Å². The van der Waals surface area contributed by atoms with Gasteiger partial charge in [-0.25, -0.2) is 0 Å². The number of hydrogen-bond acceptors (Lipinski definition) is 3. The van der Waals surface area contributed by atoms with Gasteiger partial charge in [-0.05, 0) is 68.7 Å². The average Bonchev–Trinajstić information content (AvgIpc) is 2.83. The number of rotatable bonds is 9. The molecule has 0 bridgehead atoms. The van der Waals surface area contributed by atoms with E-state index in [1.54, 1.807) is 4.90 Å². The first kappa shape index (κ1) is 24.8. The summed E-state index contributed by atoms with van der Waals surface area (Å²) >= 11 is 12.4. The fourth-order valence-corrected chi connectivity index (χ4v) is 4.76. The van der Waals surface area contributed by atoms with E-state index in [2.05, 4.69) is 4.90 Å². The summed E-state index contributed by atoms with van der Waals surface area (Å²) in [6.45, 7) is 5.36. The second kappa shape index (κ2) is 11.8. The molecule has 6 heteroatoms. The van der Waals surface area contributed by atoms with Crippen molar-refractivity contribution in [3.8, 4) is 0 Å². The fourth-order valence-electron chi connectivity index (χ4n) is 4.45. The summed E-state index contributed by atoms with van der Waals surface area (Å²) in [7, 11) is 1.85. The number of ketones is 1. The maximum Gasteiger partial charge on any atom is 0.253 e. The van der Waals surface area contributed by atoms with Gasteiger partial charge in [-0.15, -0.1) is 0 Å². The van der Waals surface area contributed by atoms with Crippen LogP contribution in [-0.4, -0.2) is 54.7 Å². The standard InChI is InChI=1S/C26H32Cl2N2O2/c1-3-25(31)19-11-14-30(15-12-19)16-13-22(21-9-10-23(27)24(28)17-21)18-29(2)26(32)20-7-5-4-6-8-20/h4-10,17,19,22H,3,11-16,18H2,1-2H3/t22-/m1/s1. The second-order valence-corrected chi connectivity index (χ2v) is 9.46. The number of hydrogen-bond donors (Lipinski definition) is 0. The van der Waals surface area contributed by atoms with Gasteiger partial charge >= 0.3 is 0 Å². The van der Waals surface area contributed by atoms with Crippen LogP contribution in [-0.2, 0) is 4.79 Å². The minimum Gasteiger partial charge on any atom is -0.341 e. The van der Waals surface area contributed by atoms with Gasteiger partial charge in [0.2, 0.25) is 0 Å². The summed E-state index contributed by atoms with van der Waals surface area (Å²) in [4.78, 5) is 29.1. The number of carbonyl (C=O) groups excluding carboxylic acids is 2. The molecular weight excluding hydrogens is 443 g/mol. The van der Waals surface area contributed by atoms with E-state index < -0.39 is 0 Å². The Morgan fingerprint density at radius 2 is 1.75 bits per heavy atom. The summed E-state index contributed by atoms with van der Waals surface area (Å²) in [6, 6.07) is 15.1. The van der Waals surface area contributed by atoms with Crippen LogP contribution >= 0.6 is 23.2 Å². The molecule has 0 saturated carbocycles. The van der Waals surface area contributed by atoms with Crippen molar-refractivity contribution in [2.24, 2.45) is 5.92 Å². The maximum absolute atomic E-state index is 12.9. The number of piperidine rings is 1. The number of benzene rings is 2. The highest BCUT2D eigenvalue weighted by Crippen LogP contribution is 2.30. The molecule has 0 N–H and O–H groups in total. The Hall–Kier alpha value is -1.88. The van der Waals surface area contributed by atoms with Crippen LogP contribution in [0.15, 0.2) is 48.5 Å². The number of amides is 1. The van der Waals surface area contributed by atoms with Gasteiger partial charge in [0.1, 0.15) is 5.78 Å². The molecule has 0 radical (unpaired) electrons. The summed E-state index contributed by atoms with van der Waals surface area (Å²) in [5.41, 5.74) is 1.77. The second-order valence-electron chi connectivity index (χ2n) is 8.65. The van der Waals surface area contributed by atoms with Crippen molar-refractivity contribution in [2.75, 3.05) is 33.2 Å². The fraction of sp³-hybridized carbons (Fsp3) is 0.462. The lowest BCUT2D eigenvalue weighted by atomic mass is 9.90. The molecule has 1 aliphatic rings. The highest BCUT2D eigenvalue weighted by molar-refractivity contribution is 6.42. The third kappa shape index (κ3) is 6.57. The summed E-state index contributed by atoms with van der Waals surface area (Å²) in [6.07, 6.45) is 3.41. The van der Waals surface area contributed by atoms with E-state index in [4.69, 9.17) is 23.2 Å². The molecule has 2 aromatic rings. The molecule has 2 aromatic carbocycles. The Balaban J connectivity index is 1.67. The van der Waals surface area contributed by atoms with Crippen LogP contribution in [0.25, 0.3) is 0 Å². The lowest BCUT2D eigenvalue weighted by Gasteiger charge is -2.33. The zero-order chi connectivity index (χ0) is 23.1. The van der Waals surface area contributed by atoms with Crippen LogP contribution in [0.5, 0.6) is 0 Å². The zero-order valence-corrected chi connectivity index (χ0v) is 20.4. The Kier molecular flexibility index (Phi) is 9.15. The minimum atomic E-state index is 0.00885. The number of carbonyl (C=O) groups is 2. The molecule has 4 nitrogen and oxygen atoms in total. The van der Waals surface area contributed by atoms with E-state index in [1.807, 2.05) is 62.5 Å². The first-order chi connectivity index (χ1) is 15.4. The van der Waals surface area contributed by atoms with E-state index in [1.165, 1.54) is 0 Å². The van der Waals surface area contributed by atoms with E-state index >= 15 is 0 Å². The topological polar surface area (TPSA) is 40.6 Å². The molecule has 0 aromatic heterocycles. The largest absolute Gasteiger partial charge is 0.341 e. The van der Waals surface area contributed by atoms with Gasteiger partial charge in [0, 0.05) is 37.4 Å². The van der Waals surface area contributed by atoms with Crippen molar-refractivity contribution in [1.29, 1.82) is 0 Å². The van der Waals surface area contributed by atoms with E-state index in [9.17, 15) is 9.59 Å². The lowest BCUT2D eigenvalue weighted by molar-refractivity contribution is -0.123. The van der Waals surface area contributed by atoms with Gasteiger partial charge < -0.3 is 9.80 Å². The van der Waals surface area contributed by atoms with Gasteiger partial charge in [0.15, 0.2) is 0 Å². The predicted molar refractivity (Wildman–Crippen MR) is 132 cm³/mol. The van der Waals surface area contributed by atoms with Gasteiger partial charge in [0.25, 0.3) is 5.91 Å². The van der Waals surface area contributed by atoms with Crippen molar-refractivity contribution in [3.05, 3.63) is 69.7 Å². The molecule has 32 heavy (non-hydrogen) atoms.